The Labute approximate surface area is 198 Å². The summed E-state index contributed by atoms with van der Waals surface area (Å²) in [5.74, 6) is 0.0483. The first-order chi connectivity index (χ1) is 16.3. The number of carbonyl (C=O) groups is 2. The fourth-order valence-electron chi connectivity index (χ4n) is 4.08. The molecule has 2 aromatic carbocycles. The summed E-state index contributed by atoms with van der Waals surface area (Å²) in [4.78, 5) is 32.8. The Hall–Kier alpha value is -4.18. The van der Waals surface area contributed by atoms with Gasteiger partial charge < -0.3 is 15.2 Å². The fraction of sp³-hybridized carbons (Fsp3) is 0.167. The predicted octanol–water partition coefficient (Wildman–Crippen LogP) is 4.60. The van der Waals surface area contributed by atoms with Gasteiger partial charge in [0.15, 0.2) is 5.82 Å². The minimum absolute atomic E-state index is 0.00939. The molecular formula is C24H19N5O4S. The zero-order chi connectivity index (χ0) is 23.9. The topological polar surface area (TPSA) is 127 Å². The number of para-hydroxylation sites is 1. The Morgan fingerprint density at radius 1 is 1.06 bits per heavy atom. The highest BCUT2D eigenvalue weighted by Gasteiger charge is 2.43. The van der Waals surface area contributed by atoms with Crippen molar-refractivity contribution in [1.82, 2.24) is 20.2 Å². The van der Waals surface area contributed by atoms with Gasteiger partial charge in [0.05, 0.1) is 11.0 Å². The van der Waals surface area contributed by atoms with Gasteiger partial charge in [-0.15, -0.1) is 10.2 Å². The van der Waals surface area contributed by atoms with Gasteiger partial charge in [0.1, 0.15) is 17.0 Å². The van der Waals surface area contributed by atoms with Gasteiger partial charge in [0.25, 0.3) is 0 Å². The normalized spacial score (nSPS) is 14.5. The van der Waals surface area contributed by atoms with E-state index < -0.39 is 11.4 Å². The third kappa shape index (κ3) is 3.77. The molecule has 1 atom stereocenters. The first kappa shape index (κ1) is 21.7. The lowest BCUT2D eigenvalue weighted by Gasteiger charge is -2.38. The third-order valence-corrected chi connectivity index (χ3v) is 6.43. The Morgan fingerprint density at radius 2 is 1.79 bits per heavy atom. The van der Waals surface area contributed by atoms with Crippen LogP contribution in [-0.2, 0) is 4.79 Å². The number of hydrogen-bond donors (Lipinski definition) is 2. The standard InChI is InChI=1S/C24H19N5O4S/c1-24(2,22(32)28-23-29-27-12-34-23)19-15-5-3-4-6-17(15)33-18-9-13(7-8-16(18)19)20-25-10-14(11-26-20)21(30)31/h3-12,19H,1-2H3,(H,30,31)(H,28,29,32). The van der Waals surface area contributed by atoms with Gasteiger partial charge in [0, 0.05) is 35.0 Å². The van der Waals surface area contributed by atoms with Crippen molar-refractivity contribution >= 4 is 28.3 Å². The highest BCUT2D eigenvalue weighted by molar-refractivity contribution is 7.13. The number of hydrogen-bond acceptors (Lipinski definition) is 8. The maximum absolute atomic E-state index is 13.3. The van der Waals surface area contributed by atoms with Crippen molar-refractivity contribution in [2.45, 2.75) is 19.8 Å². The number of benzene rings is 2. The van der Waals surface area contributed by atoms with E-state index >= 15 is 0 Å². The van der Waals surface area contributed by atoms with Crippen LogP contribution in [0.4, 0.5) is 5.13 Å². The van der Waals surface area contributed by atoms with Crippen molar-refractivity contribution in [3.8, 4) is 22.9 Å². The molecule has 0 bridgehead atoms. The van der Waals surface area contributed by atoms with E-state index in [1.54, 1.807) is 5.51 Å². The lowest BCUT2D eigenvalue weighted by atomic mass is 9.69. The van der Waals surface area contributed by atoms with Crippen LogP contribution >= 0.6 is 11.3 Å². The first-order valence-electron chi connectivity index (χ1n) is 10.4. The number of aromatic carboxylic acids is 1. The third-order valence-electron chi connectivity index (χ3n) is 5.82. The molecule has 0 saturated carbocycles. The molecule has 3 heterocycles. The maximum Gasteiger partial charge on any atom is 0.338 e. The fourth-order valence-corrected chi connectivity index (χ4v) is 4.52. The molecule has 0 saturated heterocycles. The van der Waals surface area contributed by atoms with E-state index in [1.807, 2.05) is 56.3 Å². The quantitative estimate of drug-likeness (QED) is 0.431. The summed E-state index contributed by atoms with van der Waals surface area (Å²) in [6.07, 6.45) is 2.54. The number of fused-ring (bicyclic) bond motifs is 2. The second-order valence-corrected chi connectivity index (χ2v) is 9.18. The van der Waals surface area contributed by atoms with E-state index in [2.05, 4.69) is 25.5 Å². The van der Waals surface area contributed by atoms with E-state index in [0.29, 0.717) is 28.0 Å². The summed E-state index contributed by atoms with van der Waals surface area (Å²) in [5, 5.41) is 20.1. The van der Waals surface area contributed by atoms with E-state index in [9.17, 15) is 9.59 Å². The Balaban J connectivity index is 1.56. The molecule has 170 valence electrons. The molecule has 0 fully saturated rings. The molecule has 1 amide bonds. The van der Waals surface area contributed by atoms with Gasteiger partial charge in [-0.2, -0.15) is 0 Å². The van der Waals surface area contributed by atoms with Gasteiger partial charge in [-0.3, -0.25) is 4.79 Å². The molecular weight excluding hydrogens is 454 g/mol. The van der Waals surface area contributed by atoms with Crippen LogP contribution in [0.25, 0.3) is 11.4 Å². The highest BCUT2D eigenvalue weighted by Crippen LogP contribution is 2.52. The number of ether oxygens (including phenoxy) is 1. The van der Waals surface area contributed by atoms with E-state index in [1.165, 1.54) is 23.7 Å². The van der Waals surface area contributed by atoms with Gasteiger partial charge in [0.2, 0.25) is 11.0 Å². The number of carboxylic acids is 1. The number of anilines is 1. The summed E-state index contributed by atoms with van der Waals surface area (Å²) >= 11 is 1.26. The number of rotatable bonds is 5. The minimum atomic E-state index is -1.09. The summed E-state index contributed by atoms with van der Waals surface area (Å²) in [6.45, 7) is 3.78. The number of amides is 1. The summed E-state index contributed by atoms with van der Waals surface area (Å²) in [5.41, 5.74) is 3.14. The second kappa shape index (κ2) is 8.31. The van der Waals surface area contributed by atoms with Crippen LogP contribution in [0, 0.1) is 5.41 Å². The zero-order valence-electron chi connectivity index (χ0n) is 18.2. The predicted molar refractivity (Wildman–Crippen MR) is 125 cm³/mol. The molecule has 0 aliphatic carbocycles. The van der Waals surface area contributed by atoms with Gasteiger partial charge in [-0.25, -0.2) is 14.8 Å². The summed E-state index contributed by atoms with van der Waals surface area (Å²) in [6, 6.07) is 13.2. The molecule has 9 nitrogen and oxygen atoms in total. The van der Waals surface area contributed by atoms with E-state index in [-0.39, 0.29) is 17.4 Å². The number of carbonyl (C=O) groups excluding carboxylic acids is 1. The molecule has 5 rings (SSSR count). The molecule has 1 unspecified atom stereocenters. The van der Waals surface area contributed by atoms with Crippen molar-refractivity contribution in [2.24, 2.45) is 5.41 Å². The van der Waals surface area contributed by atoms with E-state index in [0.717, 1.165) is 11.1 Å². The monoisotopic (exact) mass is 473 g/mol. The van der Waals surface area contributed by atoms with Gasteiger partial charge in [-0.1, -0.05) is 55.5 Å². The van der Waals surface area contributed by atoms with Gasteiger partial charge in [-0.05, 0) is 12.1 Å². The number of aromatic nitrogens is 4. The molecule has 0 spiro atoms. The molecule has 1 aliphatic heterocycles. The summed E-state index contributed by atoms with van der Waals surface area (Å²) in [7, 11) is 0. The van der Waals surface area contributed by atoms with Crippen LogP contribution in [0.2, 0.25) is 0 Å². The maximum atomic E-state index is 13.3. The van der Waals surface area contributed by atoms with E-state index in [4.69, 9.17) is 9.84 Å². The molecule has 2 N–H and O–H groups in total. The average molecular weight is 474 g/mol. The number of nitrogens with zero attached hydrogens (tertiary/aromatic N) is 4. The zero-order valence-corrected chi connectivity index (χ0v) is 19.0. The van der Waals surface area contributed by atoms with Gasteiger partial charge >= 0.3 is 5.97 Å². The largest absolute Gasteiger partial charge is 0.478 e. The SMILES string of the molecule is CC(C)(C(=O)Nc1nncs1)C1c2ccccc2Oc2cc(-c3ncc(C(=O)O)cn3)ccc21. The summed E-state index contributed by atoms with van der Waals surface area (Å²) < 4.78 is 6.21. The second-order valence-electron chi connectivity index (χ2n) is 8.35. The highest BCUT2D eigenvalue weighted by atomic mass is 32.1. The van der Waals surface area contributed by atoms with Crippen LogP contribution < -0.4 is 10.1 Å². The van der Waals surface area contributed by atoms with Crippen molar-refractivity contribution in [3.63, 3.8) is 0 Å². The van der Waals surface area contributed by atoms with Crippen LogP contribution in [0.15, 0.2) is 60.4 Å². The van der Waals surface area contributed by atoms with Crippen molar-refractivity contribution < 1.29 is 19.4 Å². The molecule has 10 heteroatoms. The minimum Gasteiger partial charge on any atom is -0.478 e. The van der Waals surface area contributed by atoms with Crippen LogP contribution in [0.3, 0.4) is 0 Å². The van der Waals surface area contributed by atoms with Crippen LogP contribution in [-0.4, -0.2) is 37.1 Å². The number of carboxylic acid groups (broad SMARTS) is 1. The smallest absolute Gasteiger partial charge is 0.338 e. The molecule has 2 aromatic heterocycles. The lowest BCUT2D eigenvalue weighted by Crippen LogP contribution is -2.38. The molecule has 0 radical (unpaired) electrons. The Kier molecular flexibility index (Phi) is 5.29. The Bertz CT molecular complexity index is 1390. The lowest BCUT2D eigenvalue weighted by molar-refractivity contribution is -0.124. The molecule has 34 heavy (non-hydrogen) atoms. The Morgan fingerprint density at radius 3 is 2.50 bits per heavy atom. The van der Waals surface area contributed by atoms with Crippen molar-refractivity contribution in [3.05, 3.63) is 77.1 Å². The van der Waals surface area contributed by atoms with Crippen molar-refractivity contribution in [2.75, 3.05) is 5.32 Å². The van der Waals surface area contributed by atoms with Crippen LogP contribution in [0.5, 0.6) is 11.5 Å². The average Bonchev–Trinajstić information content (AvgIpc) is 3.35. The van der Waals surface area contributed by atoms with Crippen molar-refractivity contribution in [1.29, 1.82) is 0 Å². The molecule has 4 aromatic rings. The first-order valence-corrected chi connectivity index (χ1v) is 11.3. The number of nitrogens with one attached hydrogen (secondary N) is 1. The van der Waals surface area contributed by atoms with Crippen LogP contribution in [0.1, 0.15) is 41.3 Å². The molecule has 1 aliphatic rings.